The van der Waals surface area contributed by atoms with Crippen molar-refractivity contribution in [2.45, 2.75) is 0 Å². The molecule has 0 fully saturated rings. The van der Waals surface area contributed by atoms with Gasteiger partial charge in [-0.25, -0.2) is 0 Å². The van der Waals surface area contributed by atoms with Crippen LogP contribution < -0.4 is 0 Å². The second-order valence-electron chi connectivity index (χ2n) is 2.08. The van der Waals surface area contributed by atoms with Crippen molar-refractivity contribution in [1.29, 1.82) is 0 Å². The largest absolute Gasteiger partial charge is 0.466 e. The van der Waals surface area contributed by atoms with Crippen LogP contribution in [0.15, 0.2) is 24.5 Å². The molecule has 68 valence electrons. The quantitative estimate of drug-likeness (QED) is 0.603. The number of rotatable bonds is 3. The van der Waals surface area contributed by atoms with E-state index >= 15 is 0 Å². The van der Waals surface area contributed by atoms with Crippen LogP contribution in [0.5, 0.6) is 0 Å². The summed E-state index contributed by atoms with van der Waals surface area (Å²) in [5, 5.41) is 0. The summed E-state index contributed by atoms with van der Waals surface area (Å²) in [6.45, 7) is -0.150. The van der Waals surface area contributed by atoms with Gasteiger partial charge in [0.1, 0.15) is 25.4 Å². The first kappa shape index (κ1) is 9.08. The molecule has 0 radical (unpaired) electrons. The van der Waals surface area contributed by atoms with Crippen molar-refractivity contribution in [3.8, 4) is 0 Å². The minimum atomic E-state index is -3.42. The van der Waals surface area contributed by atoms with Crippen LogP contribution in [0.1, 0.15) is 0 Å². The lowest BCUT2D eigenvalue weighted by atomic mass is 10.6. The molecular formula is C6H8O5S. The van der Waals surface area contributed by atoms with Crippen LogP contribution in [0.25, 0.3) is 0 Å². The zero-order chi connectivity index (χ0) is 9.03. The molecular weight excluding hydrogens is 184 g/mol. The molecule has 0 aromatic carbocycles. The van der Waals surface area contributed by atoms with Gasteiger partial charge in [-0.05, 0) is 0 Å². The van der Waals surface area contributed by atoms with Gasteiger partial charge in [-0.15, -0.1) is 0 Å². The number of hydrogen-bond acceptors (Lipinski definition) is 5. The molecule has 0 saturated heterocycles. The maximum absolute atomic E-state index is 10.5. The van der Waals surface area contributed by atoms with Crippen molar-refractivity contribution >= 4 is 10.1 Å². The Morgan fingerprint density at radius 2 is 2.25 bits per heavy atom. The van der Waals surface area contributed by atoms with E-state index in [1.807, 2.05) is 0 Å². The molecule has 0 bridgehead atoms. The zero-order valence-electron chi connectivity index (χ0n) is 6.39. The summed E-state index contributed by atoms with van der Waals surface area (Å²) in [7, 11) is -3.42. The summed E-state index contributed by atoms with van der Waals surface area (Å²) >= 11 is 0. The molecule has 6 heteroatoms. The van der Waals surface area contributed by atoms with Crippen molar-refractivity contribution in [2.24, 2.45) is 0 Å². The van der Waals surface area contributed by atoms with E-state index < -0.39 is 10.1 Å². The Labute approximate surface area is 70.4 Å². The minimum Gasteiger partial charge on any atom is -0.466 e. The van der Waals surface area contributed by atoms with Crippen molar-refractivity contribution in [3.05, 3.63) is 24.5 Å². The lowest BCUT2D eigenvalue weighted by Crippen LogP contribution is -2.08. The van der Waals surface area contributed by atoms with E-state index in [1.165, 1.54) is 18.8 Å². The molecule has 0 spiro atoms. The third kappa shape index (κ3) is 3.40. The lowest BCUT2D eigenvalue weighted by molar-refractivity contribution is 0.207. The highest BCUT2D eigenvalue weighted by Gasteiger charge is 2.07. The molecule has 1 aliphatic heterocycles. The van der Waals surface area contributed by atoms with Gasteiger partial charge in [-0.3, -0.25) is 4.18 Å². The first-order valence-electron chi connectivity index (χ1n) is 3.08. The Kier molecular flexibility index (Phi) is 2.72. The fourth-order valence-electron chi connectivity index (χ4n) is 0.523. The van der Waals surface area contributed by atoms with Crippen LogP contribution in [0.4, 0.5) is 0 Å². The van der Waals surface area contributed by atoms with Crippen LogP contribution in [0.2, 0.25) is 0 Å². The molecule has 1 aliphatic rings. The maximum Gasteiger partial charge on any atom is 0.264 e. The minimum absolute atomic E-state index is 0.150. The van der Waals surface area contributed by atoms with Crippen LogP contribution in [-0.2, 0) is 23.8 Å². The van der Waals surface area contributed by atoms with Gasteiger partial charge in [0.15, 0.2) is 5.76 Å². The lowest BCUT2D eigenvalue weighted by Gasteiger charge is -2.08. The fraction of sp³-hybridized carbons (Fsp3) is 0.333. The molecule has 1 heterocycles. The van der Waals surface area contributed by atoms with E-state index in [2.05, 4.69) is 4.18 Å². The van der Waals surface area contributed by atoms with Crippen LogP contribution in [0.3, 0.4) is 0 Å². The Balaban J connectivity index is 2.38. The van der Waals surface area contributed by atoms with Gasteiger partial charge in [-0.2, -0.15) is 8.42 Å². The van der Waals surface area contributed by atoms with E-state index in [1.54, 1.807) is 0 Å². The smallest absolute Gasteiger partial charge is 0.264 e. The highest BCUT2D eigenvalue weighted by molar-refractivity contribution is 7.85. The third-order valence-electron chi connectivity index (χ3n) is 0.968. The van der Waals surface area contributed by atoms with Gasteiger partial charge < -0.3 is 9.47 Å². The highest BCUT2D eigenvalue weighted by atomic mass is 32.2. The topological polar surface area (TPSA) is 61.8 Å². The molecule has 0 aliphatic carbocycles. The Bertz CT molecular complexity index is 300. The molecule has 0 saturated carbocycles. The van der Waals surface area contributed by atoms with E-state index in [0.717, 1.165) is 6.26 Å². The number of hydrogen-bond donors (Lipinski definition) is 0. The highest BCUT2D eigenvalue weighted by Crippen LogP contribution is 2.06. The molecule has 12 heavy (non-hydrogen) atoms. The summed E-state index contributed by atoms with van der Waals surface area (Å²) in [5.41, 5.74) is 0. The molecule has 0 aromatic heterocycles. The summed E-state index contributed by atoms with van der Waals surface area (Å²) in [4.78, 5) is 0. The average Bonchev–Trinajstić information content (AvgIpc) is 2.02. The van der Waals surface area contributed by atoms with Crippen LogP contribution >= 0.6 is 0 Å². The molecule has 1 rings (SSSR count). The normalized spacial score (nSPS) is 16.2. The summed E-state index contributed by atoms with van der Waals surface area (Å²) < 4.78 is 35.0. The average molecular weight is 192 g/mol. The van der Waals surface area contributed by atoms with E-state index in [0.29, 0.717) is 5.76 Å². The SMILES string of the molecule is CS(=O)(=O)OCC1=COC=CO1. The van der Waals surface area contributed by atoms with Crippen LogP contribution in [0, 0.1) is 0 Å². The Morgan fingerprint density at radius 1 is 1.50 bits per heavy atom. The van der Waals surface area contributed by atoms with Crippen LogP contribution in [-0.4, -0.2) is 21.3 Å². The van der Waals surface area contributed by atoms with E-state index in [-0.39, 0.29) is 6.61 Å². The van der Waals surface area contributed by atoms with Crippen molar-refractivity contribution in [1.82, 2.24) is 0 Å². The zero-order valence-corrected chi connectivity index (χ0v) is 7.21. The summed E-state index contributed by atoms with van der Waals surface area (Å²) in [6.07, 6.45) is 4.85. The Morgan fingerprint density at radius 3 is 2.75 bits per heavy atom. The van der Waals surface area contributed by atoms with Gasteiger partial charge in [-0.1, -0.05) is 0 Å². The fourth-order valence-corrected chi connectivity index (χ4v) is 0.854. The molecule has 0 atom stereocenters. The Hall–Kier alpha value is -1.01. The van der Waals surface area contributed by atoms with Gasteiger partial charge in [0.05, 0.1) is 6.26 Å². The second kappa shape index (κ2) is 3.59. The van der Waals surface area contributed by atoms with Gasteiger partial charge in [0.2, 0.25) is 0 Å². The third-order valence-corrected chi connectivity index (χ3v) is 1.51. The maximum atomic E-state index is 10.5. The molecule has 5 nitrogen and oxygen atoms in total. The summed E-state index contributed by atoms with van der Waals surface area (Å²) in [6, 6.07) is 0. The van der Waals surface area contributed by atoms with Gasteiger partial charge in [0, 0.05) is 0 Å². The molecule has 0 N–H and O–H groups in total. The first-order valence-corrected chi connectivity index (χ1v) is 4.90. The molecule has 0 unspecified atom stereocenters. The predicted molar refractivity (Wildman–Crippen MR) is 40.2 cm³/mol. The standard InChI is InChI=1S/C6H8O5S/c1-12(7,8)11-5-6-4-9-2-3-10-6/h2-4H,5H2,1H3. The number of ether oxygens (including phenoxy) is 2. The van der Waals surface area contributed by atoms with E-state index in [9.17, 15) is 8.42 Å². The van der Waals surface area contributed by atoms with Crippen molar-refractivity contribution in [2.75, 3.05) is 12.9 Å². The van der Waals surface area contributed by atoms with Gasteiger partial charge in [0.25, 0.3) is 10.1 Å². The van der Waals surface area contributed by atoms with Crippen molar-refractivity contribution in [3.63, 3.8) is 0 Å². The molecule has 0 amide bonds. The first-order chi connectivity index (χ1) is 5.58. The monoisotopic (exact) mass is 192 g/mol. The second-order valence-corrected chi connectivity index (χ2v) is 3.72. The van der Waals surface area contributed by atoms with Crippen molar-refractivity contribution < 1.29 is 22.1 Å². The predicted octanol–water partition coefficient (Wildman–Crippen LogP) is 0.322. The van der Waals surface area contributed by atoms with E-state index in [4.69, 9.17) is 9.47 Å². The summed E-state index contributed by atoms with van der Waals surface area (Å²) in [5.74, 6) is 0.308. The molecule has 0 aromatic rings. The van der Waals surface area contributed by atoms with Gasteiger partial charge >= 0.3 is 0 Å².